The van der Waals surface area contributed by atoms with E-state index in [0.717, 1.165) is 32.1 Å². The summed E-state index contributed by atoms with van der Waals surface area (Å²) in [7, 11) is 0. The van der Waals surface area contributed by atoms with Gasteiger partial charge in [-0.15, -0.1) is 0 Å². The fourth-order valence-corrected chi connectivity index (χ4v) is 2.88. The zero-order valence-electron chi connectivity index (χ0n) is 11.1. The van der Waals surface area contributed by atoms with Crippen molar-refractivity contribution in [3.63, 3.8) is 0 Å². The second-order valence-corrected chi connectivity index (χ2v) is 5.45. The molecule has 0 aliphatic heterocycles. The lowest BCUT2D eigenvalue weighted by molar-refractivity contribution is 0.985. The number of nitrogens with zero attached hydrogens (tertiary/aromatic N) is 3. The zero-order valence-corrected chi connectivity index (χ0v) is 11.9. The molecule has 0 atom stereocenters. The van der Waals surface area contributed by atoms with Crippen LogP contribution in [0.2, 0.25) is 0 Å². The van der Waals surface area contributed by atoms with Crippen LogP contribution in [0.4, 0.5) is 0 Å². The summed E-state index contributed by atoms with van der Waals surface area (Å²) in [5, 5.41) is 2.92. The fraction of sp³-hybridized carbons (Fsp3) is 0.133. The summed E-state index contributed by atoms with van der Waals surface area (Å²) >= 11 is 1.56. The summed E-state index contributed by atoms with van der Waals surface area (Å²) in [6, 6.07) is 10.1. The van der Waals surface area contributed by atoms with Gasteiger partial charge in [-0.2, -0.15) is 0 Å². The second-order valence-electron chi connectivity index (χ2n) is 4.47. The number of rotatable bonds is 3. The molecule has 5 heteroatoms. The van der Waals surface area contributed by atoms with Crippen LogP contribution in [0, 0.1) is 6.92 Å². The average molecular weight is 282 g/mol. The van der Waals surface area contributed by atoms with Crippen molar-refractivity contribution in [3.05, 3.63) is 54.0 Å². The maximum absolute atomic E-state index is 5.63. The number of para-hydroxylation sites is 1. The second kappa shape index (κ2) is 5.56. The molecular formula is C15H14N4S. The molecule has 2 heterocycles. The highest BCUT2D eigenvalue weighted by Gasteiger charge is 2.08. The van der Waals surface area contributed by atoms with Crippen LogP contribution in [-0.4, -0.2) is 15.0 Å². The first-order valence-electron chi connectivity index (χ1n) is 6.31. The normalized spacial score (nSPS) is 10.9. The minimum Gasteiger partial charge on any atom is -0.326 e. The van der Waals surface area contributed by atoms with Crippen LogP contribution >= 0.6 is 11.8 Å². The van der Waals surface area contributed by atoms with E-state index in [0.29, 0.717) is 6.54 Å². The van der Waals surface area contributed by atoms with Gasteiger partial charge < -0.3 is 5.73 Å². The summed E-state index contributed by atoms with van der Waals surface area (Å²) in [6.45, 7) is 2.55. The van der Waals surface area contributed by atoms with Crippen LogP contribution in [0.15, 0.2) is 52.9 Å². The largest absolute Gasteiger partial charge is 0.326 e. The highest BCUT2D eigenvalue weighted by molar-refractivity contribution is 7.99. The van der Waals surface area contributed by atoms with Gasteiger partial charge in [0.1, 0.15) is 16.4 Å². The topological polar surface area (TPSA) is 64.7 Å². The molecule has 0 aliphatic carbocycles. The average Bonchev–Trinajstić information content (AvgIpc) is 2.49. The lowest BCUT2D eigenvalue weighted by atomic mass is 10.2. The molecule has 1 aromatic carbocycles. The van der Waals surface area contributed by atoms with Gasteiger partial charge in [0.25, 0.3) is 0 Å². The van der Waals surface area contributed by atoms with Crippen LogP contribution in [-0.2, 0) is 6.54 Å². The Labute approximate surface area is 121 Å². The van der Waals surface area contributed by atoms with E-state index in [-0.39, 0.29) is 0 Å². The molecule has 2 aromatic heterocycles. The highest BCUT2D eigenvalue weighted by Crippen LogP contribution is 2.31. The molecule has 0 amide bonds. The third-order valence-corrected chi connectivity index (χ3v) is 4.16. The predicted octanol–water partition coefficient (Wildman–Crippen LogP) is 2.94. The van der Waals surface area contributed by atoms with Gasteiger partial charge in [-0.3, -0.25) is 0 Å². The van der Waals surface area contributed by atoms with Crippen molar-refractivity contribution in [2.45, 2.75) is 23.5 Å². The number of pyridine rings is 1. The van der Waals surface area contributed by atoms with E-state index < -0.39 is 0 Å². The Morgan fingerprint density at radius 1 is 1.10 bits per heavy atom. The molecule has 0 saturated heterocycles. The SMILES string of the molecule is Cc1cc(CN)cnc1Sc1ncnc2ccccc12. The molecule has 0 fully saturated rings. The Morgan fingerprint density at radius 2 is 1.95 bits per heavy atom. The molecule has 0 spiro atoms. The first-order chi connectivity index (χ1) is 9.78. The molecule has 0 radical (unpaired) electrons. The number of aryl methyl sites for hydroxylation is 1. The minimum absolute atomic E-state index is 0.509. The van der Waals surface area contributed by atoms with Gasteiger partial charge >= 0.3 is 0 Å². The number of fused-ring (bicyclic) bond motifs is 1. The maximum atomic E-state index is 5.63. The third-order valence-electron chi connectivity index (χ3n) is 3.02. The van der Waals surface area contributed by atoms with Crippen LogP contribution in [0.25, 0.3) is 10.9 Å². The Hall–Kier alpha value is -1.98. The molecule has 100 valence electrons. The fourth-order valence-electron chi connectivity index (χ4n) is 1.99. The number of nitrogens with two attached hydrogens (primary N) is 1. The summed E-state index contributed by atoms with van der Waals surface area (Å²) in [5.41, 5.74) is 8.73. The Morgan fingerprint density at radius 3 is 2.75 bits per heavy atom. The van der Waals surface area contributed by atoms with E-state index in [9.17, 15) is 0 Å². The van der Waals surface area contributed by atoms with Crippen LogP contribution < -0.4 is 5.73 Å². The predicted molar refractivity (Wildman–Crippen MR) is 80.5 cm³/mol. The summed E-state index contributed by atoms with van der Waals surface area (Å²) in [5.74, 6) is 0. The van der Waals surface area contributed by atoms with Gasteiger partial charge in [-0.05, 0) is 35.9 Å². The summed E-state index contributed by atoms with van der Waals surface area (Å²) in [6.07, 6.45) is 3.41. The molecule has 0 saturated carbocycles. The van der Waals surface area contributed by atoms with E-state index in [1.165, 1.54) is 0 Å². The smallest absolute Gasteiger partial charge is 0.117 e. The maximum Gasteiger partial charge on any atom is 0.117 e. The van der Waals surface area contributed by atoms with E-state index in [4.69, 9.17) is 5.73 Å². The molecule has 0 aliphatic rings. The molecule has 3 rings (SSSR count). The third kappa shape index (κ3) is 2.50. The first kappa shape index (κ1) is 13.0. The Bertz CT molecular complexity index is 752. The van der Waals surface area contributed by atoms with E-state index in [1.54, 1.807) is 18.1 Å². The van der Waals surface area contributed by atoms with Gasteiger partial charge in [0.05, 0.1) is 5.52 Å². The molecule has 0 unspecified atom stereocenters. The summed E-state index contributed by atoms with van der Waals surface area (Å²) in [4.78, 5) is 13.1. The number of aromatic nitrogens is 3. The molecule has 4 nitrogen and oxygen atoms in total. The van der Waals surface area contributed by atoms with Crippen molar-refractivity contribution in [1.29, 1.82) is 0 Å². The van der Waals surface area contributed by atoms with Crippen molar-refractivity contribution in [2.75, 3.05) is 0 Å². The molecular weight excluding hydrogens is 268 g/mol. The van der Waals surface area contributed by atoms with Crippen LogP contribution in [0.3, 0.4) is 0 Å². The van der Waals surface area contributed by atoms with Crippen molar-refractivity contribution in [3.8, 4) is 0 Å². The lowest BCUT2D eigenvalue weighted by Gasteiger charge is -2.07. The summed E-state index contributed by atoms with van der Waals surface area (Å²) < 4.78 is 0. The van der Waals surface area contributed by atoms with Crippen molar-refractivity contribution in [2.24, 2.45) is 5.73 Å². The molecule has 2 N–H and O–H groups in total. The zero-order chi connectivity index (χ0) is 13.9. The number of hydrogen-bond acceptors (Lipinski definition) is 5. The number of benzene rings is 1. The standard InChI is InChI=1S/C15H14N4S/c1-10-6-11(7-16)8-17-14(10)20-15-12-4-2-3-5-13(12)18-9-19-15/h2-6,8-9H,7,16H2,1H3. The quantitative estimate of drug-likeness (QED) is 0.748. The van der Waals surface area contributed by atoms with Gasteiger partial charge in [-0.25, -0.2) is 15.0 Å². The Balaban J connectivity index is 2.01. The van der Waals surface area contributed by atoms with Gasteiger partial charge in [0.2, 0.25) is 0 Å². The molecule has 3 aromatic rings. The van der Waals surface area contributed by atoms with E-state index >= 15 is 0 Å². The van der Waals surface area contributed by atoms with Gasteiger partial charge in [0, 0.05) is 18.1 Å². The van der Waals surface area contributed by atoms with Crippen LogP contribution in [0.1, 0.15) is 11.1 Å². The monoisotopic (exact) mass is 282 g/mol. The molecule has 20 heavy (non-hydrogen) atoms. The van der Waals surface area contributed by atoms with Gasteiger partial charge in [0.15, 0.2) is 0 Å². The lowest BCUT2D eigenvalue weighted by Crippen LogP contribution is -1.98. The first-order valence-corrected chi connectivity index (χ1v) is 7.13. The van der Waals surface area contributed by atoms with Crippen molar-refractivity contribution >= 4 is 22.7 Å². The number of hydrogen-bond donors (Lipinski definition) is 1. The van der Waals surface area contributed by atoms with E-state index in [2.05, 4.69) is 21.0 Å². The van der Waals surface area contributed by atoms with Gasteiger partial charge in [-0.1, -0.05) is 24.3 Å². The van der Waals surface area contributed by atoms with E-state index in [1.807, 2.05) is 37.4 Å². The minimum atomic E-state index is 0.509. The van der Waals surface area contributed by atoms with Crippen LogP contribution in [0.5, 0.6) is 0 Å². The van der Waals surface area contributed by atoms with Crippen molar-refractivity contribution in [1.82, 2.24) is 15.0 Å². The Kier molecular flexibility index (Phi) is 3.62. The molecule has 0 bridgehead atoms. The highest BCUT2D eigenvalue weighted by atomic mass is 32.2. The van der Waals surface area contributed by atoms with Crippen molar-refractivity contribution < 1.29 is 0 Å².